The largest absolute Gasteiger partial charge is 0.381 e. The second-order valence-electron chi connectivity index (χ2n) is 5.20. The van der Waals surface area contributed by atoms with Gasteiger partial charge in [-0.15, -0.1) is 11.3 Å². The molecule has 1 aliphatic heterocycles. The lowest BCUT2D eigenvalue weighted by atomic mass is 10.1. The van der Waals surface area contributed by atoms with Gasteiger partial charge in [0.25, 0.3) is 5.91 Å². The molecule has 6 heteroatoms. The Bertz CT molecular complexity index is 696. The fourth-order valence-corrected chi connectivity index (χ4v) is 2.96. The Kier molecular flexibility index (Phi) is 4.20. The number of hydrogen-bond acceptors (Lipinski definition) is 5. The zero-order chi connectivity index (χ0) is 15.5. The first-order valence-electron chi connectivity index (χ1n) is 7.10. The fraction of sp³-hybridized carbons (Fsp3) is 0.312. The summed E-state index contributed by atoms with van der Waals surface area (Å²) in [6.07, 6.45) is -0.0610. The summed E-state index contributed by atoms with van der Waals surface area (Å²) < 4.78 is 0. The van der Waals surface area contributed by atoms with E-state index in [0.29, 0.717) is 18.8 Å². The summed E-state index contributed by atoms with van der Waals surface area (Å²) in [7, 11) is 0. The molecule has 0 N–H and O–H groups in total. The van der Waals surface area contributed by atoms with Crippen LogP contribution in [0, 0.1) is 6.92 Å². The number of aryl methyl sites for hydroxylation is 1. The molecular weight excluding hydrogens is 298 g/mol. The van der Waals surface area contributed by atoms with Crippen LogP contribution in [0.3, 0.4) is 0 Å². The van der Waals surface area contributed by atoms with E-state index in [1.165, 1.54) is 0 Å². The lowest BCUT2D eigenvalue weighted by Crippen LogP contribution is -2.46. The van der Waals surface area contributed by atoms with Crippen molar-refractivity contribution in [2.24, 2.45) is 5.16 Å². The van der Waals surface area contributed by atoms with Crippen molar-refractivity contribution in [3.8, 4) is 0 Å². The van der Waals surface area contributed by atoms with E-state index < -0.39 is 6.10 Å². The van der Waals surface area contributed by atoms with E-state index in [4.69, 9.17) is 4.84 Å². The van der Waals surface area contributed by atoms with Gasteiger partial charge in [-0.05, 0) is 19.4 Å². The maximum Gasteiger partial charge on any atom is 0.272 e. The Labute approximate surface area is 133 Å². The molecule has 5 nitrogen and oxygen atoms in total. The van der Waals surface area contributed by atoms with Crippen molar-refractivity contribution in [2.75, 3.05) is 0 Å². The minimum atomic E-state index is -0.578. The second-order valence-corrected chi connectivity index (χ2v) is 6.27. The topological polar surface area (TPSA) is 54.8 Å². The number of carbonyl (C=O) groups is 1. The molecule has 1 aromatic carbocycles. The van der Waals surface area contributed by atoms with Crippen molar-refractivity contribution < 1.29 is 9.63 Å². The van der Waals surface area contributed by atoms with E-state index >= 15 is 0 Å². The number of rotatable bonds is 4. The Morgan fingerprint density at radius 3 is 2.73 bits per heavy atom. The van der Waals surface area contributed by atoms with Gasteiger partial charge in [0.15, 0.2) is 0 Å². The van der Waals surface area contributed by atoms with Crippen molar-refractivity contribution in [3.63, 3.8) is 0 Å². The van der Waals surface area contributed by atoms with Crippen molar-refractivity contribution in [1.82, 2.24) is 9.88 Å². The molecule has 114 valence electrons. The number of carbonyl (C=O) groups excluding carboxylic acids is 1. The van der Waals surface area contributed by atoms with Gasteiger partial charge >= 0.3 is 0 Å². The van der Waals surface area contributed by atoms with Gasteiger partial charge in [0.05, 0.1) is 17.2 Å². The monoisotopic (exact) mass is 315 g/mol. The summed E-state index contributed by atoms with van der Waals surface area (Å²) in [4.78, 5) is 24.1. The second kappa shape index (κ2) is 6.27. The zero-order valence-electron chi connectivity index (χ0n) is 12.5. The van der Waals surface area contributed by atoms with Crippen LogP contribution in [0.25, 0.3) is 0 Å². The average molecular weight is 315 g/mol. The molecule has 1 amide bonds. The molecule has 0 aliphatic carbocycles. The Morgan fingerprint density at radius 1 is 1.27 bits per heavy atom. The van der Waals surface area contributed by atoms with Crippen LogP contribution in [0.1, 0.15) is 23.2 Å². The van der Waals surface area contributed by atoms with E-state index in [1.807, 2.05) is 42.6 Å². The highest BCUT2D eigenvalue weighted by Crippen LogP contribution is 2.18. The Morgan fingerprint density at radius 2 is 2.05 bits per heavy atom. The molecule has 0 spiro atoms. The number of thiazole rings is 1. The molecule has 0 saturated heterocycles. The summed E-state index contributed by atoms with van der Waals surface area (Å²) in [5.41, 5.74) is 1.94. The Balaban J connectivity index is 1.74. The van der Waals surface area contributed by atoms with E-state index in [-0.39, 0.29) is 5.91 Å². The van der Waals surface area contributed by atoms with Crippen LogP contribution < -0.4 is 0 Å². The number of nitrogens with zero attached hydrogens (tertiary/aromatic N) is 3. The molecular formula is C16H17N3O2S. The van der Waals surface area contributed by atoms with Crippen LogP contribution >= 0.6 is 11.3 Å². The molecule has 1 aromatic heterocycles. The molecule has 0 radical (unpaired) electrons. The number of hydrogen-bond donors (Lipinski definition) is 0. The third kappa shape index (κ3) is 3.17. The highest BCUT2D eigenvalue weighted by atomic mass is 32.1. The van der Waals surface area contributed by atoms with Crippen molar-refractivity contribution in [2.45, 2.75) is 32.9 Å². The van der Waals surface area contributed by atoms with Gasteiger partial charge in [0, 0.05) is 11.8 Å². The first-order valence-corrected chi connectivity index (χ1v) is 7.98. The highest BCUT2D eigenvalue weighted by Gasteiger charge is 2.32. The number of amides is 1. The lowest BCUT2D eigenvalue weighted by molar-refractivity contribution is -0.143. The van der Waals surface area contributed by atoms with Crippen molar-refractivity contribution in [1.29, 1.82) is 0 Å². The van der Waals surface area contributed by atoms with Gasteiger partial charge in [-0.25, -0.2) is 4.98 Å². The van der Waals surface area contributed by atoms with Crippen LogP contribution in [0.2, 0.25) is 0 Å². The SMILES string of the molecule is CC1=NOC(Cc2ccccc2)C(=O)N1Cc1csc(C)n1. The molecule has 0 bridgehead atoms. The molecule has 1 unspecified atom stereocenters. The molecule has 2 aromatic rings. The summed E-state index contributed by atoms with van der Waals surface area (Å²) in [6.45, 7) is 4.16. The summed E-state index contributed by atoms with van der Waals surface area (Å²) in [5.74, 6) is 0.502. The van der Waals surface area contributed by atoms with Gasteiger partial charge in [-0.1, -0.05) is 35.5 Å². The number of oxime groups is 1. The first kappa shape index (κ1) is 14.7. The predicted octanol–water partition coefficient (Wildman–Crippen LogP) is 2.76. The molecule has 0 saturated carbocycles. The quantitative estimate of drug-likeness (QED) is 0.872. The van der Waals surface area contributed by atoms with Gasteiger partial charge < -0.3 is 4.84 Å². The number of aromatic nitrogens is 1. The molecule has 0 fully saturated rings. The fourth-order valence-electron chi connectivity index (χ4n) is 2.36. The molecule has 2 heterocycles. The van der Waals surface area contributed by atoms with E-state index in [0.717, 1.165) is 16.3 Å². The van der Waals surface area contributed by atoms with Crippen molar-refractivity contribution in [3.05, 3.63) is 52.0 Å². The minimum absolute atomic E-state index is 0.0676. The van der Waals surface area contributed by atoms with Gasteiger partial charge in [-0.3, -0.25) is 9.69 Å². The lowest BCUT2D eigenvalue weighted by Gasteiger charge is -2.29. The van der Waals surface area contributed by atoms with Crippen LogP contribution in [0.15, 0.2) is 40.9 Å². The molecule has 22 heavy (non-hydrogen) atoms. The van der Waals surface area contributed by atoms with Gasteiger partial charge in [0.1, 0.15) is 5.84 Å². The third-order valence-corrected chi connectivity index (χ3v) is 4.32. The van der Waals surface area contributed by atoms with E-state index in [9.17, 15) is 4.79 Å². The number of benzene rings is 1. The van der Waals surface area contributed by atoms with Crippen LogP contribution in [-0.4, -0.2) is 27.7 Å². The smallest absolute Gasteiger partial charge is 0.272 e. The standard InChI is InChI=1S/C16H17N3O2S/c1-11-18-21-15(8-13-6-4-3-5-7-13)16(20)19(11)9-14-10-22-12(2)17-14/h3-7,10,15H,8-9H2,1-2H3. The van der Waals surface area contributed by atoms with Crippen LogP contribution in [0.4, 0.5) is 0 Å². The maximum absolute atomic E-state index is 12.6. The van der Waals surface area contributed by atoms with Crippen LogP contribution in [0.5, 0.6) is 0 Å². The molecule has 1 atom stereocenters. The van der Waals surface area contributed by atoms with E-state index in [1.54, 1.807) is 23.2 Å². The highest BCUT2D eigenvalue weighted by molar-refractivity contribution is 7.09. The van der Waals surface area contributed by atoms with Gasteiger partial charge in [-0.2, -0.15) is 0 Å². The van der Waals surface area contributed by atoms with Gasteiger partial charge in [0.2, 0.25) is 6.10 Å². The summed E-state index contributed by atoms with van der Waals surface area (Å²) in [6, 6.07) is 9.82. The maximum atomic E-state index is 12.6. The first-order chi connectivity index (χ1) is 10.6. The third-order valence-electron chi connectivity index (χ3n) is 3.49. The molecule has 3 rings (SSSR count). The van der Waals surface area contributed by atoms with E-state index in [2.05, 4.69) is 10.1 Å². The minimum Gasteiger partial charge on any atom is -0.381 e. The number of amidine groups is 1. The summed E-state index contributed by atoms with van der Waals surface area (Å²) in [5, 5.41) is 7.00. The van der Waals surface area contributed by atoms with Crippen molar-refractivity contribution >= 4 is 23.1 Å². The summed E-state index contributed by atoms with van der Waals surface area (Å²) >= 11 is 1.58. The molecule has 1 aliphatic rings. The van der Waals surface area contributed by atoms with Crippen LogP contribution in [-0.2, 0) is 22.6 Å². The predicted molar refractivity (Wildman–Crippen MR) is 85.5 cm³/mol. The average Bonchev–Trinajstić information content (AvgIpc) is 2.93. The Hall–Kier alpha value is -2.21. The normalized spacial score (nSPS) is 18.1. The zero-order valence-corrected chi connectivity index (χ0v) is 13.3.